The van der Waals surface area contributed by atoms with Gasteiger partial charge in [-0.1, -0.05) is 12.1 Å². The van der Waals surface area contributed by atoms with Crippen molar-refractivity contribution in [2.45, 2.75) is 50.3 Å². The van der Waals surface area contributed by atoms with Gasteiger partial charge in [0.2, 0.25) is 18.5 Å². The molecule has 2 fully saturated rings. The molecule has 2 saturated heterocycles. The number of rotatable bonds is 9. The van der Waals surface area contributed by atoms with Crippen LogP contribution in [-0.2, 0) is 27.1 Å². The molecule has 0 radical (unpaired) electrons. The number of pyridine rings is 1. The highest BCUT2D eigenvalue weighted by molar-refractivity contribution is 7.87. The number of halogens is 2. The van der Waals surface area contributed by atoms with E-state index in [1.807, 2.05) is 35.5 Å². The minimum absolute atomic E-state index is 0.0110. The zero-order valence-corrected chi connectivity index (χ0v) is 21.3. The lowest BCUT2D eigenvalue weighted by Crippen LogP contribution is -2.60. The molecule has 0 aliphatic carbocycles. The highest BCUT2D eigenvalue weighted by atomic mass is 32.2. The van der Waals surface area contributed by atoms with E-state index in [9.17, 15) is 17.8 Å². The predicted octanol–water partition coefficient (Wildman–Crippen LogP) is 2.24. The molecule has 1 amide bonds. The first-order valence-corrected chi connectivity index (χ1v) is 13.5. The van der Waals surface area contributed by atoms with Gasteiger partial charge in [-0.3, -0.25) is 24.4 Å². The quantitative estimate of drug-likeness (QED) is 0.499. The van der Waals surface area contributed by atoms with Gasteiger partial charge in [0, 0.05) is 31.0 Å². The maximum Gasteiger partial charge on any atom is 0.294 e. The normalized spacial score (nSPS) is 21.7. The summed E-state index contributed by atoms with van der Waals surface area (Å²) in [6.45, 7) is 5.59. The summed E-state index contributed by atoms with van der Waals surface area (Å²) < 4.78 is 46.6. The molecule has 3 aliphatic heterocycles. The maximum atomic E-state index is 13.9. The van der Waals surface area contributed by atoms with Crippen LogP contribution >= 0.6 is 0 Å². The van der Waals surface area contributed by atoms with E-state index in [2.05, 4.69) is 20.4 Å². The summed E-state index contributed by atoms with van der Waals surface area (Å²) in [7, 11) is -1.28. The van der Waals surface area contributed by atoms with E-state index in [0.29, 0.717) is 23.8 Å². The highest BCUT2D eigenvalue weighted by Crippen LogP contribution is 2.28. The Morgan fingerprint density at radius 1 is 1.24 bits per heavy atom. The van der Waals surface area contributed by atoms with Gasteiger partial charge in [0.1, 0.15) is 11.0 Å². The van der Waals surface area contributed by atoms with E-state index < -0.39 is 23.6 Å². The molecule has 2 atom stereocenters. The van der Waals surface area contributed by atoms with E-state index in [1.165, 1.54) is 6.20 Å². The van der Waals surface area contributed by atoms with Gasteiger partial charge in [-0.05, 0) is 62.7 Å². The molecule has 1 aromatic carbocycles. The van der Waals surface area contributed by atoms with Crippen LogP contribution in [0.5, 0.6) is 0 Å². The van der Waals surface area contributed by atoms with Crippen LogP contribution in [0.1, 0.15) is 29.7 Å². The van der Waals surface area contributed by atoms with Crippen molar-refractivity contribution in [1.82, 2.24) is 20.2 Å². The molecule has 2 aromatic rings. The van der Waals surface area contributed by atoms with E-state index in [0.717, 1.165) is 56.7 Å². The van der Waals surface area contributed by atoms with Crippen LogP contribution < -0.4 is 9.73 Å². The predicted molar refractivity (Wildman–Crippen MR) is 136 cm³/mol. The monoisotopic (exact) mass is 532 g/mol. The number of benzene rings is 1. The smallest absolute Gasteiger partial charge is 0.294 e. The first kappa shape index (κ1) is 25.5. The van der Waals surface area contributed by atoms with E-state index >= 15 is 0 Å². The van der Waals surface area contributed by atoms with Gasteiger partial charge in [-0.25, -0.2) is 13.0 Å². The lowest BCUT2D eigenvalue weighted by Gasteiger charge is -2.46. The van der Waals surface area contributed by atoms with Gasteiger partial charge >= 0.3 is 0 Å². The molecule has 5 rings (SSSR count). The average Bonchev–Trinajstić information content (AvgIpc) is 3.38. The fraction of sp³-hybridized carbons (Fsp3) is 0.480. The van der Waals surface area contributed by atoms with Crippen LogP contribution in [0.4, 0.5) is 14.5 Å². The molecule has 0 bridgehead atoms. The number of piperidine rings is 1. The number of nitrogens with one attached hydrogen (secondary N) is 1. The van der Waals surface area contributed by atoms with Crippen LogP contribution in [-0.4, -0.2) is 81.4 Å². The van der Waals surface area contributed by atoms with Gasteiger partial charge in [0.15, 0.2) is 0 Å². The van der Waals surface area contributed by atoms with Crippen LogP contribution in [0.25, 0.3) is 0 Å². The van der Waals surface area contributed by atoms with Crippen molar-refractivity contribution in [2.75, 3.05) is 30.5 Å². The molecule has 1 N–H and O–H groups in total. The zero-order chi connectivity index (χ0) is 25.9. The topological polar surface area (TPSA) is 90.4 Å². The molecule has 3 aliphatic rings. The third kappa shape index (κ3) is 5.74. The van der Waals surface area contributed by atoms with Crippen molar-refractivity contribution in [2.24, 2.45) is 5.10 Å². The molecule has 4 heterocycles. The average molecular weight is 533 g/mol. The standard InChI is InChI=1S/C25H30F2N6O3S/c1-17-3-2-4-20(11-17)33(37(35)22-7-9-32(10-8-22)21-14-31(15-21)16-34)13-19-6-5-18(12-28-19)24-29-30-25(36-24)23(26)27/h2-6,11-12,16,21-23,25,30H,7-10,13-15H2,1H3. The molecular formula is C25H30F2N6O3S. The van der Waals surface area contributed by atoms with Gasteiger partial charge in [0.25, 0.3) is 6.43 Å². The van der Waals surface area contributed by atoms with E-state index in [-0.39, 0.29) is 11.1 Å². The van der Waals surface area contributed by atoms with E-state index in [1.54, 1.807) is 17.0 Å². The lowest BCUT2D eigenvalue weighted by atomic mass is 10.0. The summed E-state index contributed by atoms with van der Waals surface area (Å²) in [5.74, 6) is 0.0675. The maximum absolute atomic E-state index is 13.9. The number of carbonyl (C=O) groups is 1. The second kappa shape index (κ2) is 11.1. The summed E-state index contributed by atoms with van der Waals surface area (Å²) in [5.41, 5.74) is 5.38. The van der Waals surface area contributed by atoms with Crippen molar-refractivity contribution in [1.29, 1.82) is 0 Å². The Bertz CT molecular complexity index is 1150. The third-order valence-corrected chi connectivity index (χ3v) is 8.78. The molecule has 12 heteroatoms. The van der Waals surface area contributed by atoms with Crippen LogP contribution in [0.2, 0.25) is 0 Å². The SMILES string of the molecule is Cc1cccc(N(Cc2ccc(C3=NNC(C(F)F)O3)cn2)S(=O)C2CCN(C3CN(C=O)C3)CC2)c1. The lowest BCUT2D eigenvalue weighted by molar-refractivity contribution is -0.125. The second-order valence-electron chi connectivity index (χ2n) is 9.56. The molecule has 2 unspecified atom stereocenters. The molecule has 1 aromatic heterocycles. The number of aromatic nitrogens is 1. The van der Waals surface area contributed by atoms with Crippen molar-refractivity contribution in [3.05, 3.63) is 59.4 Å². The molecule has 9 nitrogen and oxygen atoms in total. The third-order valence-electron chi connectivity index (χ3n) is 6.96. The van der Waals surface area contributed by atoms with Crippen molar-refractivity contribution < 1.29 is 22.5 Å². The number of ether oxygens (including phenoxy) is 1. The van der Waals surface area contributed by atoms with Crippen LogP contribution in [0, 0.1) is 6.92 Å². The Hall–Kier alpha value is -3.12. The highest BCUT2D eigenvalue weighted by Gasteiger charge is 2.36. The Labute approximate surface area is 217 Å². The number of anilines is 1. The van der Waals surface area contributed by atoms with Crippen molar-refractivity contribution >= 4 is 29.0 Å². The Balaban J connectivity index is 1.26. The Morgan fingerprint density at radius 2 is 2.03 bits per heavy atom. The fourth-order valence-corrected chi connectivity index (χ4v) is 6.35. The fourth-order valence-electron chi connectivity index (χ4n) is 4.80. The summed E-state index contributed by atoms with van der Waals surface area (Å²) in [4.78, 5) is 19.5. The van der Waals surface area contributed by atoms with Crippen LogP contribution in [0.3, 0.4) is 0 Å². The van der Waals surface area contributed by atoms with Crippen LogP contribution in [0.15, 0.2) is 47.7 Å². The van der Waals surface area contributed by atoms with Gasteiger partial charge in [-0.15, -0.1) is 5.10 Å². The van der Waals surface area contributed by atoms with Gasteiger partial charge < -0.3 is 9.64 Å². The Morgan fingerprint density at radius 3 is 2.65 bits per heavy atom. The number of carbonyl (C=O) groups excluding carboxylic acids is 1. The molecule has 0 saturated carbocycles. The summed E-state index contributed by atoms with van der Waals surface area (Å²) in [6.07, 6.45) is -0.112. The summed E-state index contributed by atoms with van der Waals surface area (Å²) in [5, 5.41) is 3.84. The van der Waals surface area contributed by atoms with E-state index in [4.69, 9.17) is 4.74 Å². The minimum atomic E-state index is -2.70. The Kier molecular flexibility index (Phi) is 7.65. The number of hydrazone groups is 1. The van der Waals surface area contributed by atoms with Gasteiger partial charge in [0.05, 0.1) is 23.1 Å². The first-order valence-electron chi connectivity index (χ1n) is 12.3. The minimum Gasteiger partial charge on any atom is -0.444 e. The first-order chi connectivity index (χ1) is 17.9. The number of amides is 1. The summed E-state index contributed by atoms with van der Waals surface area (Å²) in [6, 6.07) is 11.8. The molecule has 198 valence electrons. The van der Waals surface area contributed by atoms with Crippen molar-refractivity contribution in [3.63, 3.8) is 0 Å². The number of likely N-dealkylation sites (tertiary alicyclic amines) is 2. The number of alkyl halides is 2. The molecular weight excluding hydrogens is 502 g/mol. The number of hydrogen-bond acceptors (Lipinski definition) is 7. The number of aryl methyl sites for hydroxylation is 1. The summed E-state index contributed by atoms with van der Waals surface area (Å²) >= 11 is 0. The second-order valence-corrected chi connectivity index (χ2v) is 11.2. The van der Waals surface area contributed by atoms with Gasteiger partial charge in [-0.2, -0.15) is 0 Å². The molecule has 37 heavy (non-hydrogen) atoms. The van der Waals surface area contributed by atoms with Crippen molar-refractivity contribution in [3.8, 4) is 0 Å². The molecule has 0 spiro atoms. The number of nitrogens with zero attached hydrogens (tertiary/aromatic N) is 5. The largest absolute Gasteiger partial charge is 0.444 e. The zero-order valence-electron chi connectivity index (χ0n) is 20.5. The number of hydrogen-bond donors (Lipinski definition) is 1.